The molecule has 1 spiro atoms. The molecule has 1 amide bonds. The highest BCUT2D eigenvalue weighted by molar-refractivity contribution is 6.02. The van der Waals surface area contributed by atoms with Gasteiger partial charge >= 0.3 is 0 Å². The number of anilines is 1. The van der Waals surface area contributed by atoms with Crippen molar-refractivity contribution in [2.24, 2.45) is 0 Å². The van der Waals surface area contributed by atoms with Crippen molar-refractivity contribution in [3.05, 3.63) is 58.8 Å². The summed E-state index contributed by atoms with van der Waals surface area (Å²) in [6.45, 7) is 2.31. The molecule has 7 nitrogen and oxygen atoms in total. The summed E-state index contributed by atoms with van der Waals surface area (Å²) in [5.74, 6) is 1.26. The maximum Gasteiger partial charge on any atom is 0.221 e. The first-order valence-corrected chi connectivity index (χ1v) is 11.5. The number of aliphatic hydroxyl groups is 1. The van der Waals surface area contributed by atoms with E-state index in [0.29, 0.717) is 18.6 Å². The van der Waals surface area contributed by atoms with E-state index >= 15 is 0 Å². The Bertz CT molecular complexity index is 1370. The second-order valence-electron chi connectivity index (χ2n) is 9.71. The topological polar surface area (TPSA) is 92.7 Å². The number of amides is 1. The van der Waals surface area contributed by atoms with E-state index in [1.165, 1.54) is 12.5 Å². The molecule has 2 aliphatic heterocycles. The van der Waals surface area contributed by atoms with Crippen LogP contribution in [0.25, 0.3) is 10.9 Å². The normalized spacial score (nSPS) is 30.3. The number of pyridine rings is 1. The Labute approximate surface area is 191 Å². The van der Waals surface area contributed by atoms with Gasteiger partial charge in [-0.3, -0.25) is 4.79 Å². The molecule has 2 unspecified atom stereocenters. The lowest BCUT2D eigenvalue weighted by Gasteiger charge is -2.60. The van der Waals surface area contributed by atoms with Crippen LogP contribution in [0, 0.1) is 0 Å². The van der Waals surface area contributed by atoms with Crippen LogP contribution in [0.5, 0.6) is 11.5 Å². The molecule has 1 fully saturated rings. The third-order valence-electron chi connectivity index (χ3n) is 8.26. The van der Waals surface area contributed by atoms with Crippen LogP contribution in [-0.4, -0.2) is 41.3 Å². The molecule has 0 saturated carbocycles. The molecule has 7 rings (SSSR count). The highest BCUT2D eigenvalue weighted by atomic mass is 16.5. The highest BCUT2D eigenvalue weighted by Crippen LogP contribution is 2.68. The van der Waals surface area contributed by atoms with Gasteiger partial charge < -0.3 is 25.2 Å². The molecule has 3 heterocycles. The number of nitrogens with one attached hydrogen (secondary N) is 2. The fourth-order valence-corrected chi connectivity index (χ4v) is 7.02. The molecule has 2 bridgehead atoms. The fourth-order valence-electron chi connectivity index (χ4n) is 7.02. The van der Waals surface area contributed by atoms with E-state index < -0.39 is 17.1 Å². The van der Waals surface area contributed by atoms with Gasteiger partial charge in [-0.1, -0.05) is 24.3 Å². The minimum Gasteiger partial charge on any atom is -0.493 e. The average Bonchev–Trinajstić information content (AvgIpc) is 3.14. The molecule has 1 saturated heterocycles. The Hall–Kier alpha value is -3.16. The largest absolute Gasteiger partial charge is 0.493 e. The number of hydrogen-bond acceptors (Lipinski definition) is 6. The molecule has 4 atom stereocenters. The molecular weight excluding hydrogens is 418 g/mol. The van der Waals surface area contributed by atoms with Gasteiger partial charge in [-0.2, -0.15) is 0 Å². The molecule has 3 aromatic rings. The van der Waals surface area contributed by atoms with E-state index in [4.69, 9.17) is 14.5 Å². The van der Waals surface area contributed by atoms with Gasteiger partial charge in [0.05, 0.1) is 35.0 Å². The maximum atomic E-state index is 12.5. The Morgan fingerprint density at radius 2 is 2.15 bits per heavy atom. The van der Waals surface area contributed by atoms with Crippen molar-refractivity contribution < 1.29 is 19.4 Å². The summed E-state index contributed by atoms with van der Waals surface area (Å²) in [5, 5.41) is 20.0. The van der Waals surface area contributed by atoms with Crippen molar-refractivity contribution in [2.75, 3.05) is 19.0 Å². The van der Waals surface area contributed by atoms with Gasteiger partial charge in [-0.15, -0.1) is 0 Å². The number of benzene rings is 2. The van der Waals surface area contributed by atoms with E-state index in [1.807, 2.05) is 30.3 Å². The number of carbonyl (C=O) groups is 1. The van der Waals surface area contributed by atoms with Gasteiger partial charge in [0.1, 0.15) is 0 Å². The fraction of sp³-hybridized carbons (Fsp3) is 0.385. The van der Waals surface area contributed by atoms with Crippen LogP contribution in [-0.2, 0) is 23.1 Å². The molecular formula is C26H25N3O4. The summed E-state index contributed by atoms with van der Waals surface area (Å²) in [4.78, 5) is 17.3. The first kappa shape index (κ1) is 19.3. The summed E-state index contributed by atoms with van der Waals surface area (Å²) in [6.07, 6.45) is 1.38. The Balaban J connectivity index is 1.58. The lowest BCUT2D eigenvalue weighted by atomic mass is 9.49. The SMILES string of the molecule is COc1ccc2c3c1OC1c4nc5ccccc5c(NC(C)=O)c4CC4(O)[C@H](C2)NCC[C@]314. The van der Waals surface area contributed by atoms with E-state index in [0.717, 1.165) is 52.1 Å². The van der Waals surface area contributed by atoms with Crippen molar-refractivity contribution in [3.63, 3.8) is 0 Å². The summed E-state index contributed by atoms with van der Waals surface area (Å²) >= 11 is 0. The van der Waals surface area contributed by atoms with Gasteiger partial charge in [0.25, 0.3) is 0 Å². The zero-order valence-corrected chi connectivity index (χ0v) is 18.6. The van der Waals surface area contributed by atoms with Crippen LogP contribution in [0.15, 0.2) is 36.4 Å². The highest BCUT2D eigenvalue weighted by Gasteiger charge is 2.71. The molecule has 3 N–H and O–H groups in total. The van der Waals surface area contributed by atoms with E-state index in [-0.39, 0.29) is 11.9 Å². The number of hydrogen-bond donors (Lipinski definition) is 3. The quantitative estimate of drug-likeness (QED) is 0.564. The Morgan fingerprint density at radius 1 is 1.30 bits per heavy atom. The van der Waals surface area contributed by atoms with Crippen LogP contribution in [0.2, 0.25) is 0 Å². The number of para-hydroxylation sites is 1. The maximum absolute atomic E-state index is 12.5. The van der Waals surface area contributed by atoms with Crippen molar-refractivity contribution in [1.29, 1.82) is 0 Å². The lowest BCUT2D eigenvalue weighted by molar-refractivity contribution is -0.134. The van der Waals surface area contributed by atoms with Gasteiger partial charge in [0.15, 0.2) is 17.6 Å². The van der Waals surface area contributed by atoms with Crippen molar-refractivity contribution in [2.45, 2.75) is 49.3 Å². The van der Waals surface area contributed by atoms with Crippen molar-refractivity contribution >= 4 is 22.5 Å². The van der Waals surface area contributed by atoms with Crippen LogP contribution < -0.4 is 20.1 Å². The average molecular weight is 444 g/mol. The molecule has 2 aromatic carbocycles. The standard InChI is InChI=1S/C26H25N3O4/c1-13(30)28-21-15-5-3-4-6-17(15)29-22-16(21)12-26(31)19-11-14-7-8-18(32-2)23-20(14)25(26,9-10-27-19)24(22)33-23/h3-8,19,24,27,31H,9-12H2,1-2H3,(H,28,29,30)/t19-,24?,25-,26?/m0/s1. The number of aromatic nitrogens is 1. The van der Waals surface area contributed by atoms with E-state index in [2.05, 4.69) is 16.7 Å². The number of rotatable bonds is 2. The first-order valence-electron chi connectivity index (χ1n) is 11.5. The second-order valence-corrected chi connectivity index (χ2v) is 9.71. The molecule has 4 aliphatic rings. The third kappa shape index (κ3) is 2.17. The zero-order chi connectivity index (χ0) is 22.5. The van der Waals surface area contributed by atoms with Gasteiger partial charge in [-0.05, 0) is 37.1 Å². The Morgan fingerprint density at radius 3 is 2.97 bits per heavy atom. The predicted molar refractivity (Wildman–Crippen MR) is 123 cm³/mol. The monoisotopic (exact) mass is 443 g/mol. The summed E-state index contributed by atoms with van der Waals surface area (Å²) in [5.41, 5.74) is 3.76. The summed E-state index contributed by atoms with van der Waals surface area (Å²) in [6, 6.07) is 11.8. The van der Waals surface area contributed by atoms with Crippen molar-refractivity contribution in [1.82, 2.24) is 10.3 Å². The van der Waals surface area contributed by atoms with Gasteiger partial charge in [0.2, 0.25) is 5.91 Å². The summed E-state index contributed by atoms with van der Waals surface area (Å²) < 4.78 is 12.4. The van der Waals surface area contributed by atoms with Gasteiger partial charge in [0, 0.05) is 35.9 Å². The second kappa shape index (κ2) is 6.24. The van der Waals surface area contributed by atoms with Crippen molar-refractivity contribution in [3.8, 4) is 11.5 Å². The summed E-state index contributed by atoms with van der Waals surface area (Å²) in [7, 11) is 1.65. The van der Waals surface area contributed by atoms with Crippen LogP contribution in [0.1, 0.15) is 41.8 Å². The van der Waals surface area contributed by atoms with Crippen LogP contribution >= 0.6 is 0 Å². The number of nitrogens with zero attached hydrogens (tertiary/aromatic N) is 1. The van der Waals surface area contributed by atoms with Crippen LogP contribution in [0.4, 0.5) is 5.69 Å². The number of carbonyl (C=O) groups excluding carboxylic acids is 1. The number of methoxy groups -OCH3 is 1. The number of fused-ring (bicyclic) bond motifs is 3. The molecule has 7 heteroatoms. The van der Waals surface area contributed by atoms with E-state index in [9.17, 15) is 9.90 Å². The number of piperidine rings is 1. The minimum absolute atomic E-state index is 0.117. The number of ether oxygens (including phenoxy) is 2. The van der Waals surface area contributed by atoms with Crippen LogP contribution in [0.3, 0.4) is 0 Å². The Kier molecular flexibility index (Phi) is 3.66. The lowest BCUT2D eigenvalue weighted by Crippen LogP contribution is -2.74. The minimum atomic E-state index is -1.08. The third-order valence-corrected chi connectivity index (χ3v) is 8.26. The molecule has 168 valence electrons. The zero-order valence-electron chi connectivity index (χ0n) is 18.6. The molecule has 33 heavy (non-hydrogen) atoms. The predicted octanol–water partition coefficient (Wildman–Crippen LogP) is 2.78. The first-order chi connectivity index (χ1) is 16.0. The molecule has 1 aromatic heterocycles. The van der Waals surface area contributed by atoms with Gasteiger partial charge in [-0.25, -0.2) is 4.98 Å². The smallest absolute Gasteiger partial charge is 0.221 e. The van der Waals surface area contributed by atoms with E-state index in [1.54, 1.807) is 7.11 Å². The molecule has 2 aliphatic carbocycles. The molecule has 0 radical (unpaired) electrons.